The smallest absolute Gasteiger partial charge is 0.354 e. The van der Waals surface area contributed by atoms with Crippen LogP contribution in [-0.4, -0.2) is 35.7 Å². The van der Waals surface area contributed by atoms with Gasteiger partial charge in [-0.1, -0.05) is 0 Å². The zero-order valence-corrected chi connectivity index (χ0v) is 7.90. The highest BCUT2D eigenvalue weighted by Gasteiger charge is 2.29. The van der Waals surface area contributed by atoms with Gasteiger partial charge in [-0.2, -0.15) is 5.10 Å². The van der Waals surface area contributed by atoms with Crippen LogP contribution in [0.3, 0.4) is 0 Å². The lowest BCUT2D eigenvalue weighted by atomic mass is 10.2. The minimum absolute atomic E-state index is 0.0494. The van der Waals surface area contributed by atoms with E-state index in [1.54, 1.807) is 0 Å². The van der Waals surface area contributed by atoms with Gasteiger partial charge >= 0.3 is 5.97 Å². The third-order valence-corrected chi connectivity index (χ3v) is 1.88. The van der Waals surface area contributed by atoms with Gasteiger partial charge in [0.2, 0.25) is 5.91 Å². The number of carbonyl (C=O) groups is 2. The number of nitrogens with zero attached hydrogens (tertiary/aromatic N) is 2. The summed E-state index contributed by atoms with van der Waals surface area (Å²) >= 11 is 0. The van der Waals surface area contributed by atoms with Crippen molar-refractivity contribution < 1.29 is 14.3 Å². The van der Waals surface area contributed by atoms with E-state index < -0.39 is 5.97 Å². The van der Waals surface area contributed by atoms with Crippen LogP contribution in [0, 0.1) is 0 Å². The highest BCUT2D eigenvalue weighted by atomic mass is 16.5. The summed E-state index contributed by atoms with van der Waals surface area (Å²) in [5.74, 6) is -0.623. The summed E-state index contributed by atoms with van der Waals surface area (Å²) in [5, 5.41) is 5.16. The van der Waals surface area contributed by atoms with Crippen molar-refractivity contribution in [3.05, 3.63) is 0 Å². The molecule has 1 unspecified atom stereocenters. The predicted molar refractivity (Wildman–Crippen MR) is 46.1 cm³/mol. The first-order valence-corrected chi connectivity index (χ1v) is 4.02. The maximum absolute atomic E-state index is 11.0. The van der Waals surface area contributed by atoms with E-state index >= 15 is 0 Å². The maximum atomic E-state index is 11.0. The average molecular weight is 184 g/mol. The van der Waals surface area contributed by atoms with E-state index in [9.17, 15) is 9.59 Å². The molecule has 1 aliphatic heterocycles. The zero-order chi connectivity index (χ0) is 10.0. The second-order valence-corrected chi connectivity index (χ2v) is 2.96. The maximum Gasteiger partial charge on any atom is 0.354 e. The zero-order valence-electron chi connectivity index (χ0n) is 7.90. The summed E-state index contributed by atoms with van der Waals surface area (Å²) in [6, 6.07) is -0.0494. The number of carbonyl (C=O) groups excluding carboxylic acids is 2. The van der Waals surface area contributed by atoms with Gasteiger partial charge in [0.25, 0.3) is 0 Å². The van der Waals surface area contributed by atoms with Crippen molar-refractivity contribution in [2.45, 2.75) is 26.3 Å². The molecule has 0 aromatic carbocycles. The Bertz CT molecular complexity index is 273. The Morgan fingerprint density at radius 2 is 2.23 bits per heavy atom. The molecule has 0 spiro atoms. The lowest BCUT2D eigenvalue weighted by Crippen LogP contribution is -2.27. The molecule has 0 radical (unpaired) electrons. The molecule has 0 aliphatic carbocycles. The molecular weight excluding hydrogens is 172 g/mol. The van der Waals surface area contributed by atoms with Crippen molar-refractivity contribution in [2.24, 2.45) is 5.10 Å². The lowest BCUT2D eigenvalue weighted by molar-refractivity contribution is -0.132. The molecule has 1 amide bonds. The Kier molecular flexibility index (Phi) is 2.65. The van der Waals surface area contributed by atoms with Crippen LogP contribution in [0.2, 0.25) is 0 Å². The predicted octanol–water partition coefficient (Wildman–Crippen LogP) is 0.156. The van der Waals surface area contributed by atoms with Crippen molar-refractivity contribution in [2.75, 3.05) is 7.11 Å². The fourth-order valence-electron chi connectivity index (χ4n) is 1.26. The number of hydrogen-bond acceptors (Lipinski definition) is 4. The highest BCUT2D eigenvalue weighted by Crippen LogP contribution is 2.15. The molecule has 0 fully saturated rings. The fraction of sp³-hybridized carbons (Fsp3) is 0.625. The van der Waals surface area contributed by atoms with E-state index in [-0.39, 0.29) is 11.9 Å². The summed E-state index contributed by atoms with van der Waals surface area (Å²) in [7, 11) is 1.30. The van der Waals surface area contributed by atoms with Crippen LogP contribution in [0.25, 0.3) is 0 Å². The Hall–Kier alpha value is -1.39. The Morgan fingerprint density at radius 1 is 1.62 bits per heavy atom. The van der Waals surface area contributed by atoms with E-state index in [1.165, 1.54) is 19.0 Å². The van der Waals surface area contributed by atoms with E-state index in [0.717, 1.165) is 0 Å². The van der Waals surface area contributed by atoms with Crippen molar-refractivity contribution in [3.8, 4) is 0 Å². The van der Waals surface area contributed by atoms with Crippen molar-refractivity contribution in [1.82, 2.24) is 5.01 Å². The molecule has 0 aromatic rings. The van der Waals surface area contributed by atoms with Gasteiger partial charge in [0.05, 0.1) is 13.2 Å². The van der Waals surface area contributed by atoms with E-state index in [2.05, 4.69) is 9.84 Å². The average Bonchev–Trinajstić information content (AvgIpc) is 2.46. The molecule has 1 aliphatic rings. The molecule has 0 saturated carbocycles. The standard InChI is InChI=1S/C8H12N2O3/c1-5-4-7(8(12)13-3)9-10(5)6(2)11/h5H,4H2,1-3H3. The molecule has 1 rings (SSSR count). The molecule has 0 bridgehead atoms. The normalized spacial score (nSPS) is 21.3. The molecule has 0 aromatic heterocycles. The van der Waals surface area contributed by atoms with Crippen LogP contribution >= 0.6 is 0 Å². The Balaban J connectivity index is 2.77. The second-order valence-electron chi connectivity index (χ2n) is 2.96. The van der Waals surface area contributed by atoms with Crippen LogP contribution in [0.1, 0.15) is 20.3 Å². The van der Waals surface area contributed by atoms with Crippen LogP contribution in [-0.2, 0) is 14.3 Å². The van der Waals surface area contributed by atoms with E-state index in [0.29, 0.717) is 12.1 Å². The molecular formula is C8H12N2O3. The lowest BCUT2D eigenvalue weighted by Gasteiger charge is -2.14. The first-order chi connectivity index (χ1) is 6.06. The van der Waals surface area contributed by atoms with Gasteiger partial charge in [-0.05, 0) is 6.92 Å². The topological polar surface area (TPSA) is 59.0 Å². The van der Waals surface area contributed by atoms with E-state index in [1.807, 2.05) is 6.92 Å². The van der Waals surface area contributed by atoms with Gasteiger partial charge in [-0.3, -0.25) is 4.79 Å². The summed E-state index contributed by atoms with van der Waals surface area (Å²) in [5.41, 5.74) is 0.310. The third-order valence-electron chi connectivity index (χ3n) is 1.88. The molecule has 0 N–H and O–H groups in total. The van der Waals surface area contributed by atoms with Gasteiger partial charge in [-0.25, -0.2) is 9.80 Å². The molecule has 13 heavy (non-hydrogen) atoms. The number of rotatable bonds is 1. The minimum Gasteiger partial charge on any atom is -0.464 e. The van der Waals surface area contributed by atoms with Gasteiger partial charge in [-0.15, -0.1) is 0 Å². The first-order valence-electron chi connectivity index (χ1n) is 4.02. The number of hydrazone groups is 1. The largest absolute Gasteiger partial charge is 0.464 e. The van der Waals surface area contributed by atoms with Crippen molar-refractivity contribution in [1.29, 1.82) is 0 Å². The SMILES string of the molecule is COC(=O)C1=NN(C(C)=O)C(C)C1. The van der Waals surface area contributed by atoms with Gasteiger partial charge in [0, 0.05) is 13.3 Å². The number of esters is 1. The summed E-state index contributed by atoms with van der Waals surface area (Å²) < 4.78 is 4.50. The number of hydrogen-bond donors (Lipinski definition) is 0. The Labute approximate surface area is 76.3 Å². The second kappa shape index (κ2) is 3.55. The summed E-state index contributed by atoms with van der Waals surface area (Å²) in [6.07, 6.45) is 0.465. The molecule has 1 atom stereocenters. The van der Waals surface area contributed by atoms with Crippen LogP contribution in [0.4, 0.5) is 0 Å². The van der Waals surface area contributed by atoms with E-state index in [4.69, 9.17) is 0 Å². The van der Waals surface area contributed by atoms with Gasteiger partial charge in [0.1, 0.15) is 5.71 Å². The summed E-state index contributed by atoms with van der Waals surface area (Å²) in [4.78, 5) is 22.0. The third kappa shape index (κ3) is 1.85. The quantitative estimate of drug-likeness (QED) is 0.545. The van der Waals surface area contributed by atoms with Gasteiger partial charge < -0.3 is 4.74 Å². The minimum atomic E-state index is -0.462. The van der Waals surface area contributed by atoms with Crippen molar-refractivity contribution >= 4 is 17.6 Å². The molecule has 5 heteroatoms. The van der Waals surface area contributed by atoms with Crippen LogP contribution in [0.5, 0.6) is 0 Å². The first kappa shape index (κ1) is 9.70. The van der Waals surface area contributed by atoms with Crippen LogP contribution in [0.15, 0.2) is 5.10 Å². The molecule has 5 nitrogen and oxygen atoms in total. The number of methoxy groups -OCH3 is 1. The Morgan fingerprint density at radius 3 is 2.62 bits per heavy atom. The highest BCUT2D eigenvalue weighted by molar-refractivity contribution is 6.37. The molecule has 72 valence electrons. The van der Waals surface area contributed by atoms with Gasteiger partial charge in [0.15, 0.2) is 0 Å². The molecule has 0 saturated heterocycles. The molecule has 1 heterocycles. The number of ether oxygens (including phenoxy) is 1. The number of amides is 1. The van der Waals surface area contributed by atoms with Crippen LogP contribution < -0.4 is 0 Å². The monoisotopic (exact) mass is 184 g/mol. The summed E-state index contributed by atoms with van der Waals surface area (Å²) in [6.45, 7) is 3.25. The van der Waals surface area contributed by atoms with Crippen molar-refractivity contribution in [3.63, 3.8) is 0 Å². The fourth-order valence-corrected chi connectivity index (χ4v) is 1.26.